The highest BCUT2D eigenvalue weighted by Gasteiger charge is 2.18. The number of hydrogen-bond donors (Lipinski definition) is 0. The van der Waals surface area contributed by atoms with Crippen molar-refractivity contribution in [3.63, 3.8) is 0 Å². The molecule has 21 heavy (non-hydrogen) atoms. The Hall–Kier alpha value is -0.590. The highest BCUT2D eigenvalue weighted by molar-refractivity contribution is 9.09. The minimum absolute atomic E-state index is 0.220. The Morgan fingerprint density at radius 2 is 1.71 bits per heavy atom. The van der Waals surface area contributed by atoms with Crippen LogP contribution in [0.15, 0.2) is 29.2 Å². The summed E-state index contributed by atoms with van der Waals surface area (Å²) in [5, 5.41) is 1.01. The zero-order valence-electron chi connectivity index (χ0n) is 12.5. The maximum absolute atomic E-state index is 12.0. The second-order valence-electron chi connectivity index (χ2n) is 5.33. The lowest BCUT2D eigenvalue weighted by Crippen LogP contribution is -2.46. The van der Waals surface area contributed by atoms with Crippen molar-refractivity contribution in [1.29, 1.82) is 0 Å². The fourth-order valence-electron chi connectivity index (χ4n) is 2.60. The fraction of sp³-hybridized carbons (Fsp3) is 0.600. The van der Waals surface area contributed by atoms with Crippen molar-refractivity contribution in [2.45, 2.75) is 18.2 Å². The molecule has 1 aliphatic rings. The molecular formula is C15H23BrN2O2S. The largest absolute Gasteiger partial charge is 0.369 e. The molecule has 0 aliphatic carbocycles. The summed E-state index contributed by atoms with van der Waals surface area (Å²) in [6.07, 6.45) is 0.652. The number of hydrogen-bond acceptors (Lipinski definition) is 4. The third kappa shape index (κ3) is 4.44. The molecular weight excluding hydrogens is 352 g/mol. The van der Waals surface area contributed by atoms with Gasteiger partial charge in [0.05, 0.1) is 10.6 Å². The molecule has 1 fully saturated rings. The average molecular weight is 375 g/mol. The topological polar surface area (TPSA) is 40.6 Å². The maximum Gasteiger partial charge on any atom is 0.178 e. The Morgan fingerprint density at radius 1 is 1.10 bits per heavy atom. The Labute approximate surface area is 136 Å². The van der Waals surface area contributed by atoms with Crippen LogP contribution in [-0.2, 0) is 9.84 Å². The van der Waals surface area contributed by atoms with Gasteiger partial charge in [-0.15, -0.1) is 0 Å². The van der Waals surface area contributed by atoms with Crippen molar-refractivity contribution < 1.29 is 8.42 Å². The van der Waals surface area contributed by atoms with Gasteiger partial charge in [-0.25, -0.2) is 8.42 Å². The Bertz CT molecular complexity index is 537. The van der Waals surface area contributed by atoms with Crippen LogP contribution in [0.4, 0.5) is 5.69 Å². The summed E-state index contributed by atoms with van der Waals surface area (Å²) in [6, 6.07) is 7.35. The average Bonchev–Trinajstić information content (AvgIpc) is 2.48. The van der Waals surface area contributed by atoms with Gasteiger partial charge in [0.1, 0.15) is 0 Å². The minimum Gasteiger partial charge on any atom is -0.369 e. The molecule has 0 radical (unpaired) electrons. The van der Waals surface area contributed by atoms with E-state index >= 15 is 0 Å². The Morgan fingerprint density at radius 3 is 2.24 bits per heavy atom. The normalized spacial score (nSPS) is 17.1. The maximum atomic E-state index is 12.0. The van der Waals surface area contributed by atoms with E-state index in [-0.39, 0.29) is 5.75 Å². The molecule has 118 valence electrons. The van der Waals surface area contributed by atoms with Crippen molar-refractivity contribution in [2.24, 2.45) is 0 Å². The van der Waals surface area contributed by atoms with E-state index in [1.54, 1.807) is 12.1 Å². The molecule has 0 amide bonds. The minimum atomic E-state index is -3.11. The third-order valence-electron chi connectivity index (χ3n) is 3.81. The smallest absolute Gasteiger partial charge is 0.178 e. The standard InChI is InChI=1S/C15H23BrN2O2S/c1-2-13-21(19,20)15-5-3-14(4-6-15)18-11-9-17(8-7-16)10-12-18/h3-6H,2,7-13H2,1H3. The molecule has 0 unspecified atom stereocenters. The number of piperazine rings is 1. The SMILES string of the molecule is CCCS(=O)(=O)c1ccc(N2CCN(CCBr)CC2)cc1. The predicted molar refractivity (Wildman–Crippen MR) is 91.2 cm³/mol. The molecule has 6 heteroatoms. The van der Waals surface area contributed by atoms with Crippen LogP contribution in [0.5, 0.6) is 0 Å². The van der Waals surface area contributed by atoms with E-state index in [4.69, 9.17) is 0 Å². The van der Waals surface area contributed by atoms with Gasteiger partial charge in [-0.1, -0.05) is 22.9 Å². The van der Waals surface area contributed by atoms with Crippen molar-refractivity contribution in [2.75, 3.05) is 48.7 Å². The van der Waals surface area contributed by atoms with Gasteiger partial charge in [-0.2, -0.15) is 0 Å². The van der Waals surface area contributed by atoms with Crippen molar-refractivity contribution in [3.05, 3.63) is 24.3 Å². The molecule has 2 rings (SSSR count). The van der Waals surface area contributed by atoms with E-state index in [9.17, 15) is 8.42 Å². The first-order valence-electron chi connectivity index (χ1n) is 7.43. The number of sulfone groups is 1. The van der Waals surface area contributed by atoms with E-state index in [0.717, 1.165) is 43.7 Å². The zero-order chi connectivity index (χ0) is 15.3. The summed E-state index contributed by atoms with van der Waals surface area (Å²) < 4.78 is 24.0. The molecule has 0 aromatic heterocycles. The number of halogens is 1. The van der Waals surface area contributed by atoms with Gasteiger partial charge >= 0.3 is 0 Å². The van der Waals surface area contributed by atoms with Gasteiger partial charge in [0.25, 0.3) is 0 Å². The third-order valence-corrected chi connectivity index (χ3v) is 6.10. The number of alkyl halides is 1. The highest BCUT2D eigenvalue weighted by atomic mass is 79.9. The Balaban J connectivity index is 2.00. The van der Waals surface area contributed by atoms with E-state index in [0.29, 0.717) is 11.3 Å². The van der Waals surface area contributed by atoms with E-state index < -0.39 is 9.84 Å². The molecule has 1 aromatic carbocycles. The quantitative estimate of drug-likeness (QED) is 0.716. The first kappa shape index (κ1) is 16.8. The van der Waals surface area contributed by atoms with Crippen LogP contribution >= 0.6 is 15.9 Å². The van der Waals surface area contributed by atoms with Crippen LogP contribution in [0.1, 0.15) is 13.3 Å². The summed E-state index contributed by atoms with van der Waals surface area (Å²) in [5.74, 6) is 0.220. The van der Waals surface area contributed by atoms with Gasteiger partial charge in [0, 0.05) is 43.7 Å². The van der Waals surface area contributed by atoms with Gasteiger partial charge in [0.2, 0.25) is 0 Å². The van der Waals surface area contributed by atoms with Crippen LogP contribution in [-0.4, -0.2) is 57.1 Å². The second-order valence-corrected chi connectivity index (χ2v) is 8.23. The first-order chi connectivity index (χ1) is 10.1. The van der Waals surface area contributed by atoms with Crippen molar-refractivity contribution in [1.82, 2.24) is 4.90 Å². The van der Waals surface area contributed by atoms with E-state index in [2.05, 4.69) is 25.7 Å². The van der Waals surface area contributed by atoms with E-state index in [1.165, 1.54) is 0 Å². The summed E-state index contributed by atoms with van der Waals surface area (Å²) in [7, 11) is -3.11. The van der Waals surface area contributed by atoms with Crippen LogP contribution in [0.2, 0.25) is 0 Å². The predicted octanol–water partition coefficient (Wildman–Crippen LogP) is 2.39. The molecule has 0 saturated carbocycles. The first-order valence-corrected chi connectivity index (χ1v) is 10.2. The number of rotatable bonds is 6. The molecule has 0 atom stereocenters. The molecule has 1 saturated heterocycles. The molecule has 1 aliphatic heterocycles. The van der Waals surface area contributed by atoms with Crippen LogP contribution in [0.25, 0.3) is 0 Å². The van der Waals surface area contributed by atoms with E-state index in [1.807, 2.05) is 19.1 Å². The zero-order valence-corrected chi connectivity index (χ0v) is 14.9. The molecule has 0 bridgehead atoms. The Kier molecular flexibility index (Phi) is 6.08. The lowest BCUT2D eigenvalue weighted by atomic mass is 10.2. The molecule has 0 N–H and O–H groups in total. The second kappa shape index (κ2) is 7.61. The van der Waals surface area contributed by atoms with Crippen molar-refractivity contribution in [3.8, 4) is 0 Å². The number of nitrogens with zero attached hydrogens (tertiary/aromatic N) is 2. The summed E-state index contributed by atoms with van der Waals surface area (Å²) in [6.45, 7) is 7.07. The van der Waals surface area contributed by atoms with Gasteiger partial charge < -0.3 is 4.90 Å². The molecule has 1 heterocycles. The number of benzene rings is 1. The van der Waals surface area contributed by atoms with Crippen molar-refractivity contribution >= 4 is 31.5 Å². The van der Waals surface area contributed by atoms with Crippen LogP contribution in [0, 0.1) is 0 Å². The van der Waals surface area contributed by atoms with Gasteiger partial charge in [0.15, 0.2) is 9.84 Å². The molecule has 0 spiro atoms. The highest BCUT2D eigenvalue weighted by Crippen LogP contribution is 2.20. The monoisotopic (exact) mass is 374 g/mol. The fourth-order valence-corrected chi connectivity index (χ4v) is 4.43. The lowest BCUT2D eigenvalue weighted by Gasteiger charge is -2.35. The number of anilines is 1. The molecule has 4 nitrogen and oxygen atoms in total. The van der Waals surface area contributed by atoms with Gasteiger partial charge in [-0.3, -0.25) is 4.90 Å². The summed E-state index contributed by atoms with van der Waals surface area (Å²) >= 11 is 3.47. The summed E-state index contributed by atoms with van der Waals surface area (Å²) in [5.41, 5.74) is 1.11. The summed E-state index contributed by atoms with van der Waals surface area (Å²) in [4.78, 5) is 5.19. The lowest BCUT2D eigenvalue weighted by molar-refractivity contribution is 0.274. The molecule has 1 aromatic rings. The van der Waals surface area contributed by atoms with Gasteiger partial charge in [-0.05, 0) is 30.7 Å². The van der Waals surface area contributed by atoms with Crippen LogP contribution in [0.3, 0.4) is 0 Å². The van der Waals surface area contributed by atoms with Crippen LogP contribution < -0.4 is 4.90 Å².